The maximum atomic E-state index is 11.2. The predicted molar refractivity (Wildman–Crippen MR) is 68.0 cm³/mol. The molecule has 0 fully saturated rings. The molecule has 0 spiro atoms. The van der Waals surface area contributed by atoms with Crippen molar-refractivity contribution >= 4 is 5.97 Å². The molecule has 0 aromatic heterocycles. The van der Waals surface area contributed by atoms with Gasteiger partial charge in [0, 0.05) is 0 Å². The summed E-state index contributed by atoms with van der Waals surface area (Å²) >= 11 is 0. The molecule has 1 rings (SSSR count). The van der Waals surface area contributed by atoms with Crippen molar-refractivity contribution in [3.05, 3.63) is 16.7 Å². The summed E-state index contributed by atoms with van der Waals surface area (Å²) in [5.74, 6) is -1.55. The third-order valence-corrected chi connectivity index (χ3v) is 2.70. The Labute approximate surface area is 111 Å². The van der Waals surface area contributed by atoms with Crippen molar-refractivity contribution in [2.24, 2.45) is 0 Å². The van der Waals surface area contributed by atoms with Gasteiger partial charge >= 0.3 is 5.97 Å². The lowest BCUT2D eigenvalue weighted by atomic mass is 10.00. The van der Waals surface area contributed by atoms with Gasteiger partial charge in [0.25, 0.3) is 0 Å². The van der Waals surface area contributed by atoms with Crippen molar-refractivity contribution in [3.63, 3.8) is 0 Å². The van der Waals surface area contributed by atoms with Gasteiger partial charge in [0.05, 0.1) is 13.2 Å². The summed E-state index contributed by atoms with van der Waals surface area (Å²) in [6.07, 6.45) is 0. The van der Waals surface area contributed by atoms with Crippen LogP contribution in [-0.2, 0) is 4.89 Å². The highest BCUT2D eigenvalue weighted by atomic mass is 17.2. The first-order valence-electron chi connectivity index (χ1n) is 5.97. The standard InChI is InChI=1S/C13H18O6/c1-5-17-11-8(4)7(3)9(13(15)16)10(14)12(11)19-18-6-2/h14H,5-6H2,1-4H3,(H,15,16). The van der Waals surface area contributed by atoms with Crippen molar-refractivity contribution in [1.29, 1.82) is 0 Å². The predicted octanol–water partition coefficient (Wildman–Crippen LogP) is 2.44. The second-order valence-electron chi connectivity index (χ2n) is 3.86. The van der Waals surface area contributed by atoms with Crippen molar-refractivity contribution < 1.29 is 29.5 Å². The Hall–Kier alpha value is -1.95. The van der Waals surface area contributed by atoms with Gasteiger partial charge in [-0.25, -0.2) is 4.79 Å². The number of rotatable bonds is 6. The second-order valence-corrected chi connectivity index (χ2v) is 3.86. The zero-order valence-electron chi connectivity index (χ0n) is 11.4. The molecule has 2 N–H and O–H groups in total. The van der Waals surface area contributed by atoms with E-state index in [1.807, 2.05) is 0 Å². The van der Waals surface area contributed by atoms with E-state index < -0.39 is 11.7 Å². The Balaban J connectivity index is 3.50. The number of hydrogen-bond acceptors (Lipinski definition) is 5. The van der Waals surface area contributed by atoms with Gasteiger partial charge in [-0.1, -0.05) is 0 Å². The number of carbonyl (C=O) groups is 1. The van der Waals surface area contributed by atoms with Crippen LogP contribution < -0.4 is 9.62 Å². The van der Waals surface area contributed by atoms with Gasteiger partial charge in [0.1, 0.15) is 5.56 Å². The van der Waals surface area contributed by atoms with E-state index in [4.69, 9.17) is 19.6 Å². The van der Waals surface area contributed by atoms with E-state index in [2.05, 4.69) is 0 Å². The molecule has 6 nitrogen and oxygen atoms in total. The van der Waals surface area contributed by atoms with Crippen LogP contribution in [0, 0.1) is 13.8 Å². The average molecular weight is 270 g/mol. The quantitative estimate of drug-likeness (QED) is 0.610. The Morgan fingerprint density at radius 2 is 1.74 bits per heavy atom. The molecule has 0 aliphatic heterocycles. The highest BCUT2D eigenvalue weighted by Crippen LogP contribution is 2.44. The molecule has 0 saturated heterocycles. The Kier molecular flexibility index (Phi) is 5.00. The first-order chi connectivity index (χ1) is 8.95. The summed E-state index contributed by atoms with van der Waals surface area (Å²) in [5.41, 5.74) is 0.805. The lowest BCUT2D eigenvalue weighted by molar-refractivity contribution is -0.204. The molecule has 0 saturated carbocycles. The number of carboxylic acids is 1. The normalized spacial score (nSPS) is 10.3. The summed E-state index contributed by atoms with van der Waals surface area (Å²) in [5, 5.41) is 19.2. The molecule has 0 amide bonds. The summed E-state index contributed by atoms with van der Waals surface area (Å²) in [4.78, 5) is 20.9. The summed E-state index contributed by atoms with van der Waals surface area (Å²) in [6, 6.07) is 0. The number of hydrogen-bond donors (Lipinski definition) is 2. The highest BCUT2D eigenvalue weighted by Gasteiger charge is 2.26. The largest absolute Gasteiger partial charge is 0.503 e. The Bertz CT molecular complexity index is 481. The molecule has 106 valence electrons. The Morgan fingerprint density at radius 3 is 2.21 bits per heavy atom. The minimum Gasteiger partial charge on any atom is -0.503 e. The van der Waals surface area contributed by atoms with Crippen LogP contribution in [-0.4, -0.2) is 29.4 Å². The highest BCUT2D eigenvalue weighted by molar-refractivity contribution is 5.95. The van der Waals surface area contributed by atoms with Crippen LogP contribution in [0.4, 0.5) is 0 Å². The lowest BCUT2D eigenvalue weighted by Crippen LogP contribution is -2.08. The van der Waals surface area contributed by atoms with E-state index in [1.54, 1.807) is 27.7 Å². The zero-order chi connectivity index (χ0) is 14.6. The molecule has 0 aliphatic rings. The van der Waals surface area contributed by atoms with Gasteiger partial charge < -0.3 is 19.8 Å². The third kappa shape index (κ3) is 2.90. The van der Waals surface area contributed by atoms with Crippen LogP contribution in [0.2, 0.25) is 0 Å². The third-order valence-electron chi connectivity index (χ3n) is 2.70. The molecule has 0 bridgehead atoms. The summed E-state index contributed by atoms with van der Waals surface area (Å²) in [6.45, 7) is 7.39. The van der Waals surface area contributed by atoms with Crippen LogP contribution in [0.5, 0.6) is 17.2 Å². The van der Waals surface area contributed by atoms with Gasteiger partial charge in [-0.3, -0.25) is 0 Å². The fourth-order valence-corrected chi connectivity index (χ4v) is 1.70. The van der Waals surface area contributed by atoms with Crippen LogP contribution >= 0.6 is 0 Å². The van der Waals surface area contributed by atoms with E-state index in [0.717, 1.165) is 0 Å². The molecule has 0 unspecified atom stereocenters. The van der Waals surface area contributed by atoms with Gasteiger partial charge in [0.2, 0.25) is 5.75 Å². The fraction of sp³-hybridized carbons (Fsp3) is 0.462. The summed E-state index contributed by atoms with van der Waals surface area (Å²) in [7, 11) is 0. The molecule has 6 heteroatoms. The minimum absolute atomic E-state index is 0.107. The molecule has 19 heavy (non-hydrogen) atoms. The van der Waals surface area contributed by atoms with E-state index in [1.165, 1.54) is 0 Å². The van der Waals surface area contributed by atoms with E-state index in [0.29, 0.717) is 17.7 Å². The maximum Gasteiger partial charge on any atom is 0.339 e. The van der Waals surface area contributed by atoms with Crippen molar-refractivity contribution in [1.82, 2.24) is 0 Å². The Morgan fingerprint density at radius 1 is 1.11 bits per heavy atom. The van der Waals surface area contributed by atoms with Crippen LogP contribution in [0.25, 0.3) is 0 Å². The number of benzene rings is 1. The van der Waals surface area contributed by atoms with E-state index >= 15 is 0 Å². The molecule has 0 aliphatic carbocycles. The minimum atomic E-state index is -1.23. The number of ether oxygens (including phenoxy) is 1. The SMILES string of the molecule is CCOOc1c(O)c(C(=O)O)c(C)c(C)c1OCC. The van der Waals surface area contributed by atoms with Crippen LogP contribution in [0.1, 0.15) is 35.3 Å². The molecule has 1 aromatic rings. The van der Waals surface area contributed by atoms with Gasteiger partial charge in [-0.05, 0) is 38.8 Å². The maximum absolute atomic E-state index is 11.2. The monoisotopic (exact) mass is 270 g/mol. The van der Waals surface area contributed by atoms with Gasteiger partial charge in [-0.15, -0.1) is 0 Å². The van der Waals surface area contributed by atoms with Gasteiger partial charge in [-0.2, -0.15) is 4.89 Å². The lowest BCUT2D eigenvalue weighted by Gasteiger charge is -2.17. The number of phenols is 1. The molecule has 0 atom stereocenters. The van der Waals surface area contributed by atoms with E-state index in [-0.39, 0.29) is 23.7 Å². The van der Waals surface area contributed by atoms with Crippen LogP contribution in [0.15, 0.2) is 0 Å². The van der Waals surface area contributed by atoms with Crippen molar-refractivity contribution in [2.75, 3.05) is 13.2 Å². The second kappa shape index (κ2) is 6.29. The molecule has 1 aromatic carbocycles. The smallest absolute Gasteiger partial charge is 0.339 e. The topological polar surface area (TPSA) is 85.2 Å². The zero-order valence-corrected chi connectivity index (χ0v) is 11.4. The number of aromatic hydroxyl groups is 1. The van der Waals surface area contributed by atoms with Crippen LogP contribution in [0.3, 0.4) is 0 Å². The molecular weight excluding hydrogens is 252 g/mol. The molecule has 0 radical (unpaired) electrons. The first kappa shape index (κ1) is 15.1. The first-order valence-corrected chi connectivity index (χ1v) is 5.97. The molecule has 0 heterocycles. The van der Waals surface area contributed by atoms with Crippen molar-refractivity contribution in [3.8, 4) is 17.2 Å². The fourth-order valence-electron chi connectivity index (χ4n) is 1.70. The number of aromatic carboxylic acids is 1. The average Bonchev–Trinajstić information content (AvgIpc) is 2.35. The van der Waals surface area contributed by atoms with Crippen molar-refractivity contribution in [2.45, 2.75) is 27.7 Å². The van der Waals surface area contributed by atoms with E-state index in [9.17, 15) is 9.90 Å². The summed E-state index contributed by atoms with van der Waals surface area (Å²) < 4.78 is 5.40. The molecular formula is C13H18O6. The van der Waals surface area contributed by atoms with Gasteiger partial charge in [0.15, 0.2) is 11.5 Å². The number of carboxylic acid groups (broad SMARTS) is 1.